The highest BCUT2D eigenvalue weighted by atomic mass is 19.2. The predicted octanol–water partition coefficient (Wildman–Crippen LogP) is 1.46. The van der Waals surface area contributed by atoms with Gasteiger partial charge in [-0.1, -0.05) is 0 Å². The van der Waals surface area contributed by atoms with Crippen LogP contribution in [0.5, 0.6) is 5.75 Å². The molecule has 1 rings (SSSR count). The topological polar surface area (TPSA) is 47.9 Å². The van der Waals surface area contributed by atoms with Gasteiger partial charge in [-0.25, -0.2) is 8.78 Å². The number of ether oxygens (including phenoxy) is 3. The molecule has 6 heteroatoms. The predicted molar refractivity (Wildman–Crippen MR) is 55.6 cm³/mol. The van der Waals surface area contributed by atoms with Crippen LogP contribution in [0.1, 0.15) is 5.56 Å². The number of rotatable bonds is 7. The van der Waals surface area contributed by atoms with Crippen LogP contribution in [0.25, 0.3) is 0 Å². The molecule has 4 nitrogen and oxygen atoms in total. The number of methoxy groups -OCH3 is 1. The summed E-state index contributed by atoms with van der Waals surface area (Å²) in [6.45, 7) is -0.0923. The molecular formula is C11H14F2O4. The maximum absolute atomic E-state index is 13.2. The molecule has 0 aliphatic heterocycles. The summed E-state index contributed by atoms with van der Waals surface area (Å²) in [7, 11) is 1.49. The average molecular weight is 248 g/mol. The second-order valence-corrected chi connectivity index (χ2v) is 3.16. The van der Waals surface area contributed by atoms with Gasteiger partial charge in [0.05, 0.1) is 18.8 Å². The first kappa shape index (κ1) is 13.8. The molecule has 0 heterocycles. The molecule has 0 fully saturated rings. The van der Waals surface area contributed by atoms with Crippen molar-refractivity contribution in [3.63, 3.8) is 0 Å². The Labute approximate surface area is 97.7 Å². The number of halogens is 2. The van der Waals surface area contributed by atoms with Crippen molar-refractivity contribution >= 4 is 0 Å². The zero-order chi connectivity index (χ0) is 12.7. The van der Waals surface area contributed by atoms with E-state index in [4.69, 9.17) is 14.6 Å². The summed E-state index contributed by atoms with van der Waals surface area (Å²) in [5.74, 6) is -2.01. The number of hydrogen-bond donors (Lipinski definition) is 1. The van der Waals surface area contributed by atoms with Gasteiger partial charge in [-0.05, 0) is 12.1 Å². The molecule has 0 aromatic heterocycles. The third kappa shape index (κ3) is 3.92. The first-order chi connectivity index (χ1) is 8.20. The summed E-state index contributed by atoms with van der Waals surface area (Å²) >= 11 is 0. The fourth-order valence-corrected chi connectivity index (χ4v) is 1.21. The van der Waals surface area contributed by atoms with Crippen molar-refractivity contribution in [2.75, 3.05) is 27.1 Å². The van der Waals surface area contributed by atoms with Crippen molar-refractivity contribution in [1.29, 1.82) is 0 Å². The minimum atomic E-state index is -1.09. The first-order valence-corrected chi connectivity index (χ1v) is 4.98. The third-order valence-electron chi connectivity index (χ3n) is 2.00. The van der Waals surface area contributed by atoms with E-state index in [2.05, 4.69) is 4.74 Å². The highest BCUT2D eigenvalue weighted by molar-refractivity contribution is 5.34. The van der Waals surface area contributed by atoms with E-state index in [1.807, 2.05) is 0 Å². The molecular weight excluding hydrogens is 234 g/mol. The molecule has 0 amide bonds. The summed E-state index contributed by atoms with van der Waals surface area (Å²) in [5.41, 5.74) is -0.197. The second-order valence-electron chi connectivity index (χ2n) is 3.16. The van der Waals surface area contributed by atoms with E-state index in [0.717, 1.165) is 6.07 Å². The van der Waals surface area contributed by atoms with Gasteiger partial charge in [0.1, 0.15) is 19.1 Å². The van der Waals surface area contributed by atoms with Gasteiger partial charge in [-0.3, -0.25) is 0 Å². The summed E-state index contributed by atoms with van der Waals surface area (Å²) in [4.78, 5) is 0. The lowest BCUT2D eigenvalue weighted by Crippen LogP contribution is -2.10. The number of hydrogen-bond acceptors (Lipinski definition) is 4. The van der Waals surface area contributed by atoms with Crippen molar-refractivity contribution in [2.24, 2.45) is 0 Å². The van der Waals surface area contributed by atoms with E-state index < -0.39 is 18.2 Å². The van der Waals surface area contributed by atoms with Crippen LogP contribution >= 0.6 is 0 Å². The summed E-state index contributed by atoms with van der Waals surface area (Å²) in [6.07, 6.45) is 0. The molecule has 0 spiro atoms. The van der Waals surface area contributed by atoms with Crippen LogP contribution in [0.3, 0.4) is 0 Å². The average Bonchev–Trinajstić information content (AvgIpc) is 2.33. The van der Waals surface area contributed by atoms with Gasteiger partial charge >= 0.3 is 0 Å². The highest BCUT2D eigenvalue weighted by Gasteiger charge is 2.13. The Balaban J connectivity index is 2.56. The van der Waals surface area contributed by atoms with E-state index in [1.54, 1.807) is 0 Å². The van der Waals surface area contributed by atoms with E-state index in [9.17, 15) is 8.78 Å². The van der Waals surface area contributed by atoms with Crippen molar-refractivity contribution < 1.29 is 28.1 Å². The molecule has 17 heavy (non-hydrogen) atoms. The zero-order valence-electron chi connectivity index (χ0n) is 9.41. The summed E-state index contributed by atoms with van der Waals surface area (Å²) in [5, 5.41) is 8.93. The minimum Gasteiger partial charge on any atom is -0.491 e. The molecule has 0 aliphatic carbocycles. The largest absolute Gasteiger partial charge is 0.491 e. The Morgan fingerprint density at radius 1 is 1.24 bits per heavy atom. The fraction of sp³-hybridized carbons (Fsp3) is 0.455. The lowest BCUT2D eigenvalue weighted by molar-refractivity contribution is -0.0389. The van der Waals surface area contributed by atoms with Gasteiger partial charge in [0.25, 0.3) is 0 Å². The lowest BCUT2D eigenvalue weighted by Gasteiger charge is -2.11. The molecule has 0 unspecified atom stereocenters. The number of benzene rings is 1. The second kappa shape index (κ2) is 7.16. The molecule has 0 radical (unpaired) electrons. The highest BCUT2D eigenvalue weighted by Crippen LogP contribution is 2.23. The van der Waals surface area contributed by atoms with Crippen molar-refractivity contribution in [3.05, 3.63) is 29.3 Å². The van der Waals surface area contributed by atoms with Gasteiger partial charge in [-0.15, -0.1) is 0 Å². The van der Waals surface area contributed by atoms with Crippen molar-refractivity contribution in [3.8, 4) is 5.75 Å². The Kier molecular flexibility index (Phi) is 5.82. The third-order valence-corrected chi connectivity index (χ3v) is 2.00. The van der Waals surface area contributed by atoms with E-state index in [0.29, 0.717) is 0 Å². The van der Waals surface area contributed by atoms with E-state index in [-0.39, 0.29) is 31.3 Å². The number of aliphatic hydroxyl groups is 1. The molecule has 0 aliphatic rings. The van der Waals surface area contributed by atoms with Crippen molar-refractivity contribution in [2.45, 2.75) is 6.61 Å². The van der Waals surface area contributed by atoms with Gasteiger partial charge < -0.3 is 19.3 Å². The van der Waals surface area contributed by atoms with Crippen LogP contribution in [0.2, 0.25) is 0 Å². The SMILES string of the molecule is COCOCCOc1ccc(F)c(F)c1CO. The molecule has 0 atom stereocenters. The van der Waals surface area contributed by atoms with Gasteiger partial charge in [0.15, 0.2) is 11.6 Å². The van der Waals surface area contributed by atoms with Gasteiger partial charge in [-0.2, -0.15) is 0 Å². The first-order valence-electron chi connectivity index (χ1n) is 4.98. The van der Waals surface area contributed by atoms with Crippen LogP contribution in [-0.4, -0.2) is 32.2 Å². The smallest absolute Gasteiger partial charge is 0.168 e. The molecule has 1 aromatic carbocycles. The monoisotopic (exact) mass is 248 g/mol. The van der Waals surface area contributed by atoms with Crippen LogP contribution in [0.4, 0.5) is 8.78 Å². The minimum absolute atomic E-state index is 0.104. The molecule has 0 saturated carbocycles. The number of aliphatic hydroxyl groups excluding tert-OH is 1. The summed E-state index contributed by atoms with van der Waals surface area (Å²) < 4.78 is 40.8. The standard InChI is InChI=1S/C11H14F2O4/c1-15-7-16-4-5-17-10-3-2-9(12)11(13)8(10)6-14/h2-3,14H,4-7H2,1H3. The molecule has 96 valence electrons. The quantitative estimate of drug-likeness (QED) is 0.586. The van der Waals surface area contributed by atoms with Crippen LogP contribution in [0, 0.1) is 11.6 Å². The van der Waals surface area contributed by atoms with E-state index >= 15 is 0 Å². The molecule has 0 saturated heterocycles. The van der Waals surface area contributed by atoms with Crippen LogP contribution in [0.15, 0.2) is 12.1 Å². The Morgan fingerprint density at radius 3 is 2.65 bits per heavy atom. The Morgan fingerprint density at radius 2 is 2.00 bits per heavy atom. The Hall–Kier alpha value is -1.24. The van der Waals surface area contributed by atoms with Crippen LogP contribution < -0.4 is 4.74 Å². The Bertz CT molecular complexity index is 358. The van der Waals surface area contributed by atoms with Gasteiger partial charge in [0, 0.05) is 7.11 Å². The van der Waals surface area contributed by atoms with E-state index in [1.165, 1.54) is 13.2 Å². The maximum Gasteiger partial charge on any atom is 0.168 e. The van der Waals surface area contributed by atoms with Crippen LogP contribution in [-0.2, 0) is 16.1 Å². The molecule has 0 bridgehead atoms. The molecule has 1 N–H and O–H groups in total. The molecule has 1 aromatic rings. The summed E-state index contributed by atoms with van der Waals surface area (Å²) in [6, 6.07) is 2.21. The van der Waals surface area contributed by atoms with Gasteiger partial charge in [0.2, 0.25) is 0 Å². The van der Waals surface area contributed by atoms with Crippen molar-refractivity contribution in [1.82, 2.24) is 0 Å². The maximum atomic E-state index is 13.2. The normalized spacial score (nSPS) is 10.6. The lowest BCUT2D eigenvalue weighted by atomic mass is 10.2. The fourth-order valence-electron chi connectivity index (χ4n) is 1.21. The zero-order valence-corrected chi connectivity index (χ0v) is 9.41.